The van der Waals surface area contributed by atoms with Gasteiger partial charge < -0.3 is 25.1 Å². The molecule has 3 fully saturated rings. The van der Waals surface area contributed by atoms with Crippen LogP contribution >= 0.6 is 0 Å². The van der Waals surface area contributed by atoms with Gasteiger partial charge in [-0.1, -0.05) is 36.7 Å². The topological polar surface area (TPSA) is 161 Å². The van der Waals surface area contributed by atoms with Gasteiger partial charge in [0, 0.05) is 17.9 Å². The van der Waals surface area contributed by atoms with Crippen LogP contribution in [0.1, 0.15) is 64.9 Å². The summed E-state index contributed by atoms with van der Waals surface area (Å²) >= 11 is 0. The number of fused-ring (bicyclic) bond motifs is 5. The third-order valence-electron chi connectivity index (χ3n) is 11.0. The molecule has 11 nitrogen and oxygen atoms in total. The molecule has 4 aliphatic rings. The van der Waals surface area contributed by atoms with Gasteiger partial charge in [-0.15, -0.1) is 0 Å². The van der Waals surface area contributed by atoms with Crippen LogP contribution in [0.3, 0.4) is 0 Å². The molecular weight excluding hydrogens is 554 g/mol. The number of nitrogens with zero attached hydrogens (tertiary/aromatic N) is 2. The number of nitrogens with one attached hydrogen (secondary N) is 1. The van der Waals surface area contributed by atoms with Crippen LogP contribution in [0.5, 0.6) is 5.75 Å². The molecule has 0 aliphatic heterocycles. The summed E-state index contributed by atoms with van der Waals surface area (Å²) < 4.78 is 4.79. The summed E-state index contributed by atoms with van der Waals surface area (Å²) in [6, 6.07) is 2.62. The first kappa shape index (κ1) is 30.7. The average molecular weight is 596 g/mol. The van der Waals surface area contributed by atoms with Crippen molar-refractivity contribution in [2.45, 2.75) is 77.4 Å². The van der Waals surface area contributed by atoms with Gasteiger partial charge in [0.1, 0.15) is 11.8 Å². The van der Waals surface area contributed by atoms with Gasteiger partial charge in [0.15, 0.2) is 12.4 Å². The van der Waals surface area contributed by atoms with Crippen LogP contribution in [0.15, 0.2) is 47.2 Å². The van der Waals surface area contributed by atoms with E-state index in [1.54, 1.807) is 0 Å². The van der Waals surface area contributed by atoms with Gasteiger partial charge >= 0.3 is 11.7 Å². The number of phenolic OH excluding ortho intramolecular Hbond substituents is 1. The number of carbonyl (C=O) groups excluding carboxylic acids is 2. The molecule has 0 saturated heterocycles. The summed E-state index contributed by atoms with van der Waals surface area (Å²) in [7, 11) is 1.18. The highest BCUT2D eigenvalue weighted by molar-refractivity contribution is 6.05. The van der Waals surface area contributed by atoms with Crippen molar-refractivity contribution < 1.29 is 34.3 Å². The van der Waals surface area contributed by atoms with E-state index in [9.17, 15) is 29.9 Å². The predicted octanol–water partition coefficient (Wildman–Crippen LogP) is 4.36. The lowest BCUT2D eigenvalue weighted by molar-refractivity contribution is -0.385. The normalized spacial score (nSPS) is 34.3. The van der Waals surface area contributed by atoms with Gasteiger partial charge in [-0.2, -0.15) is 0 Å². The van der Waals surface area contributed by atoms with E-state index in [4.69, 9.17) is 9.57 Å². The molecule has 1 aromatic carbocycles. The van der Waals surface area contributed by atoms with Crippen LogP contribution in [0.2, 0.25) is 0 Å². The number of carbonyl (C=O) groups is 2. The molecule has 3 N–H and O–H groups in total. The number of ether oxygens (including phenoxy) is 1. The van der Waals surface area contributed by atoms with Crippen LogP contribution in [0, 0.1) is 38.7 Å². The average Bonchev–Trinajstić information content (AvgIpc) is 3.21. The lowest BCUT2D eigenvalue weighted by Crippen LogP contribution is -2.53. The highest BCUT2D eigenvalue weighted by Crippen LogP contribution is 2.66. The maximum absolute atomic E-state index is 12.6. The molecule has 11 heteroatoms. The molecular formula is C32H41N3O8. The fourth-order valence-electron chi connectivity index (χ4n) is 8.32. The van der Waals surface area contributed by atoms with Crippen LogP contribution in [-0.2, 0) is 25.6 Å². The number of allylic oxidation sites excluding steroid dienone is 4. The zero-order valence-electron chi connectivity index (χ0n) is 25.2. The van der Waals surface area contributed by atoms with Gasteiger partial charge in [-0.05, 0) is 92.4 Å². The third-order valence-corrected chi connectivity index (χ3v) is 11.0. The number of aliphatic hydroxyl groups is 1. The molecule has 232 valence electrons. The Labute approximate surface area is 251 Å². The molecule has 1 amide bonds. The Morgan fingerprint density at radius 1 is 1.19 bits per heavy atom. The van der Waals surface area contributed by atoms with Crippen molar-refractivity contribution >= 4 is 23.3 Å². The Balaban J connectivity index is 1.20. The van der Waals surface area contributed by atoms with E-state index in [1.807, 2.05) is 13.0 Å². The highest BCUT2D eigenvalue weighted by atomic mass is 16.6. The lowest BCUT2D eigenvalue weighted by atomic mass is 9.47. The number of rotatable bonds is 8. The third kappa shape index (κ3) is 5.55. The number of benzene rings is 1. The number of nitro groups is 1. The molecule has 0 aromatic heterocycles. The zero-order valence-corrected chi connectivity index (χ0v) is 25.2. The Morgan fingerprint density at radius 2 is 1.93 bits per heavy atom. The van der Waals surface area contributed by atoms with Crippen molar-refractivity contribution in [2.75, 3.05) is 13.7 Å². The molecule has 0 bridgehead atoms. The first-order chi connectivity index (χ1) is 20.3. The Morgan fingerprint density at radius 3 is 2.65 bits per heavy atom. The minimum Gasteiger partial charge on any atom is -0.502 e. The number of phenols is 1. The highest BCUT2D eigenvalue weighted by Gasteiger charge is 2.62. The molecule has 5 rings (SSSR count). The van der Waals surface area contributed by atoms with Crippen molar-refractivity contribution in [3.63, 3.8) is 0 Å². The van der Waals surface area contributed by atoms with E-state index in [0.29, 0.717) is 29.0 Å². The number of methoxy groups -OCH3 is 1. The van der Waals surface area contributed by atoms with E-state index < -0.39 is 46.5 Å². The largest absolute Gasteiger partial charge is 0.502 e. The summed E-state index contributed by atoms with van der Waals surface area (Å²) in [6.45, 7) is 6.18. The molecule has 0 radical (unpaired) electrons. The number of aromatic hydroxyl groups is 1. The molecule has 3 saturated carbocycles. The first-order valence-corrected chi connectivity index (χ1v) is 14.9. The maximum Gasteiger partial charge on any atom is 0.328 e. The van der Waals surface area contributed by atoms with Crippen molar-refractivity contribution in [3.8, 4) is 5.75 Å². The first-order valence-electron chi connectivity index (χ1n) is 14.9. The van der Waals surface area contributed by atoms with E-state index in [0.717, 1.165) is 50.7 Å². The summed E-state index contributed by atoms with van der Waals surface area (Å²) in [5, 5.41) is 38.7. The minimum absolute atomic E-state index is 0.0277. The van der Waals surface area contributed by atoms with Gasteiger partial charge in [0.05, 0.1) is 17.6 Å². The number of esters is 1. The number of hydrogen-bond donors (Lipinski definition) is 3. The summed E-state index contributed by atoms with van der Waals surface area (Å²) in [5.41, 5.74) is 1.08. The molecule has 0 unspecified atom stereocenters. The summed E-state index contributed by atoms with van der Waals surface area (Å²) in [4.78, 5) is 40.7. The molecule has 1 aromatic rings. The van der Waals surface area contributed by atoms with Gasteiger partial charge in [-0.25, -0.2) is 4.79 Å². The van der Waals surface area contributed by atoms with Crippen molar-refractivity contribution in [1.29, 1.82) is 0 Å². The minimum atomic E-state index is -1.12. The summed E-state index contributed by atoms with van der Waals surface area (Å²) in [6.07, 6.45) is 12.2. The zero-order chi connectivity index (χ0) is 31.2. The Hall–Kier alpha value is -3.73. The van der Waals surface area contributed by atoms with Crippen LogP contribution in [0.4, 0.5) is 5.69 Å². The fourth-order valence-corrected chi connectivity index (χ4v) is 8.32. The van der Waals surface area contributed by atoms with Crippen molar-refractivity contribution in [3.05, 3.63) is 57.7 Å². The van der Waals surface area contributed by atoms with Crippen LogP contribution in [-0.4, -0.2) is 58.1 Å². The Kier molecular flexibility index (Phi) is 8.15. The quantitative estimate of drug-likeness (QED) is 0.227. The number of hydrogen-bond acceptors (Lipinski definition) is 9. The number of oxime groups is 1. The second-order valence-electron chi connectivity index (χ2n) is 13.2. The molecule has 0 heterocycles. The van der Waals surface area contributed by atoms with E-state index in [1.165, 1.54) is 18.7 Å². The van der Waals surface area contributed by atoms with E-state index in [-0.39, 0.29) is 17.3 Å². The molecule has 0 spiro atoms. The van der Waals surface area contributed by atoms with Gasteiger partial charge in [0.2, 0.25) is 0 Å². The second-order valence-corrected chi connectivity index (χ2v) is 13.2. The SMILES string of the molecule is COC(=O)[C@@H](Cc1ccc(O)c([N+](=O)[O-])c1)NC(=O)CO/N=C1\C=C[C@@]2(C)C(=C1)CC[C@@H]1[C@@H]2CC[C@@]2(C)[C@H]1CC[C@]2(C)O. The van der Waals surface area contributed by atoms with Crippen molar-refractivity contribution in [1.82, 2.24) is 5.32 Å². The van der Waals surface area contributed by atoms with E-state index in [2.05, 4.69) is 36.5 Å². The number of amides is 1. The monoisotopic (exact) mass is 595 g/mol. The standard InChI is InChI=1S/C32H41N3O8/c1-30-12-9-21(17-20(30)6-7-22-23(30)10-13-31(2)24(22)11-14-32(31,3)39)34-43-18-28(37)33-25(29(38)42-4)15-19-5-8-27(36)26(16-19)35(40)41/h5,8-9,12,16-17,22-25,36,39H,6-7,10-11,13-15,18H2,1-4H3,(H,33,37)/b34-21+/t22-,23+,24+,25-,30+,31+,32+/m1/s1. The van der Waals surface area contributed by atoms with Crippen LogP contribution in [0.25, 0.3) is 0 Å². The van der Waals surface area contributed by atoms with E-state index >= 15 is 0 Å². The Bertz CT molecular complexity index is 1400. The lowest BCUT2D eigenvalue weighted by Gasteiger charge is -2.58. The molecule has 43 heavy (non-hydrogen) atoms. The molecule has 4 aliphatic carbocycles. The predicted molar refractivity (Wildman–Crippen MR) is 158 cm³/mol. The number of nitro benzene ring substituents is 1. The van der Waals surface area contributed by atoms with Gasteiger partial charge in [0.25, 0.3) is 5.91 Å². The fraction of sp³-hybridized carbons (Fsp3) is 0.594. The van der Waals surface area contributed by atoms with Crippen molar-refractivity contribution in [2.24, 2.45) is 33.7 Å². The maximum atomic E-state index is 12.6. The smallest absolute Gasteiger partial charge is 0.328 e. The summed E-state index contributed by atoms with van der Waals surface area (Å²) in [5.74, 6) is -0.214. The molecule has 7 atom stereocenters. The second kappa shape index (κ2) is 11.4. The van der Waals surface area contributed by atoms with Gasteiger partial charge in [-0.3, -0.25) is 14.9 Å². The van der Waals surface area contributed by atoms with Crippen LogP contribution < -0.4 is 5.32 Å².